The van der Waals surface area contributed by atoms with Crippen LogP contribution in [0.5, 0.6) is 5.75 Å². The summed E-state index contributed by atoms with van der Waals surface area (Å²) >= 11 is 0. The molecular weight excluding hydrogens is 236 g/mol. The standard InChI is InChI=1S/C17H28O2/c1-3-17(19-4-2)10-8-6-5-7-9-15-11-13-16(18)14-12-15/h11-14,17-18H,3-10H2,1-2H3. The van der Waals surface area contributed by atoms with Gasteiger partial charge in [0.05, 0.1) is 6.10 Å². The van der Waals surface area contributed by atoms with Crippen molar-refractivity contribution in [2.45, 2.75) is 64.9 Å². The molecule has 0 saturated carbocycles. The van der Waals surface area contributed by atoms with Gasteiger partial charge in [0.2, 0.25) is 0 Å². The van der Waals surface area contributed by atoms with Gasteiger partial charge in [-0.15, -0.1) is 0 Å². The molecule has 1 atom stereocenters. The van der Waals surface area contributed by atoms with Gasteiger partial charge in [-0.25, -0.2) is 0 Å². The zero-order valence-electron chi connectivity index (χ0n) is 12.4. The zero-order valence-corrected chi connectivity index (χ0v) is 12.4. The summed E-state index contributed by atoms with van der Waals surface area (Å²) in [7, 11) is 0. The summed E-state index contributed by atoms with van der Waals surface area (Å²) in [6.07, 6.45) is 8.98. The minimum Gasteiger partial charge on any atom is -0.508 e. The molecule has 1 N–H and O–H groups in total. The van der Waals surface area contributed by atoms with Crippen molar-refractivity contribution in [2.75, 3.05) is 6.61 Å². The van der Waals surface area contributed by atoms with Gasteiger partial charge in [-0.3, -0.25) is 0 Å². The minimum absolute atomic E-state index is 0.352. The van der Waals surface area contributed by atoms with E-state index in [-0.39, 0.29) is 0 Å². The molecule has 0 aliphatic heterocycles. The van der Waals surface area contributed by atoms with Crippen LogP contribution in [0.4, 0.5) is 0 Å². The summed E-state index contributed by atoms with van der Waals surface area (Å²) in [6.45, 7) is 5.10. The van der Waals surface area contributed by atoms with Crippen molar-refractivity contribution in [3.8, 4) is 5.75 Å². The first-order valence-corrected chi connectivity index (χ1v) is 7.65. The Morgan fingerprint density at radius 1 is 1.00 bits per heavy atom. The number of phenolic OH excluding ortho intramolecular Hbond substituents is 1. The predicted molar refractivity (Wildman–Crippen MR) is 80.6 cm³/mol. The van der Waals surface area contributed by atoms with E-state index in [0.29, 0.717) is 11.9 Å². The summed E-state index contributed by atoms with van der Waals surface area (Å²) in [5.74, 6) is 0.352. The molecule has 2 heteroatoms. The molecule has 0 bridgehead atoms. The quantitative estimate of drug-likeness (QED) is 0.621. The van der Waals surface area contributed by atoms with Crippen LogP contribution in [0.15, 0.2) is 24.3 Å². The van der Waals surface area contributed by atoms with E-state index in [1.165, 1.54) is 37.7 Å². The second-order valence-corrected chi connectivity index (χ2v) is 5.10. The van der Waals surface area contributed by atoms with E-state index in [9.17, 15) is 5.11 Å². The first-order chi connectivity index (χ1) is 9.26. The Labute approximate surface area is 117 Å². The Balaban J connectivity index is 2.03. The summed E-state index contributed by atoms with van der Waals surface area (Å²) in [5, 5.41) is 9.21. The van der Waals surface area contributed by atoms with Gasteiger partial charge >= 0.3 is 0 Å². The lowest BCUT2D eigenvalue weighted by atomic mass is 10.0. The van der Waals surface area contributed by atoms with Crippen molar-refractivity contribution >= 4 is 0 Å². The van der Waals surface area contributed by atoms with Crippen LogP contribution in [-0.4, -0.2) is 17.8 Å². The molecule has 0 spiro atoms. The maximum atomic E-state index is 9.21. The number of ether oxygens (including phenoxy) is 1. The van der Waals surface area contributed by atoms with Gasteiger partial charge in [-0.2, -0.15) is 0 Å². The summed E-state index contributed by atoms with van der Waals surface area (Å²) < 4.78 is 5.65. The molecule has 0 aliphatic carbocycles. The van der Waals surface area contributed by atoms with Crippen molar-refractivity contribution in [3.63, 3.8) is 0 Å². The van der Waals surface area contributed by atoms with Gasteiger partial charge in [-0.05, 0) is 50.3 Å². The molecule has 0 amide bonds. The fourth-order valence-electron chi connectivity index (χ4n) is 2.36. The highest BCUT2D eigenvalue weighted by Gasteiger charge is 2.04. The largest absolute Gasteiger partial charge is 0.508 e. The molecule has 2 nitrogen and oxygen atoms in total. The van der Waals surface area contributed by atoms with Gasteiger partial charge in [0.1, 0.15) is 5.75 Å². The van der Waals surface area contributed by atoms with E-state index in [0.717, 1.165) is 19.4 Å². The topological polar surface area (TPSA) is 29.5 Å². The number of aromatic hydroxyl groups is 1. The molecule has 0 aromatic heterocycles. The minimum atomic E-state index is 0.352. The predicted octanol–water partition coefficient (Wildman–Crippen LogP) is 4.70. The van der Waals surface area contributed by atoms with Gasteiger partial charge in [0.25, 0.3) is 0 Å². The van der Waals surface area contributed by atoms with Crippen LogP contribution in [0.3, 0.4) is 0 Å². The van der Waals surface area contributed by atoms with Gasteiger partial charge in [-0.1, -0.05) is 38.3 Å². The lowest BCUT2D eigenvalue weighted by Crippen LogP contribution is -2.11. The average Bonchev–Trinajstić information content (AvgIpc) is 2.43. The lowest BCUT2D eigenvalue weighted by molar-refractivity contribution is 0.0523. The van der Waals surface area contributed by atoms with Crippen LogP contribution < -0.4 is 0 Å². The number of hydrogen-bond acceptors (Lipinski definition) is 2. The first kappa shape index (κ1) is 16.0. The monoisotopic (exact) mass is 264 g/mol. The molecule has 1 rings (SSSR count). The van der Waals surface area contributed by atoms with Crippen LogP contribution in [-0.2, 0) is 11.2 Å². The fraction of sp³-hybridized carbons (Fsp3) is 0.647. The molecule has 0 aliphatic rings. The Kier molecular flexibility index (Phi) is 8.31. The molecule has 1 aromatic carbocycles. The SMILES string of the molecule is CCOC(CC)CCCCCCc1ccc(O)cc1. The van der Waals surface area contributed by atoms with Gasteiger partial charge in [0.15, 0.2) is 0 Å². The highest BCUT2D eigenvalue weighted by Crippen LogP contribution is 2.14. The van der Waals surface area contributed by atoms with E-state index in [4.69, 9.17) is 4.74 Å². The maximum absolute atomic E-state index is 9.21. The van der Waals surface area contributed by atoms with Crippen molar-refractivity contribution in [1.82, 2.24) is 0 Å². The number of phenols is 1. The Morgan fingerprint density at radius 2 is 1.68 bits per heavy atom. The molecule has 1 unspecified atom stereocenters. The van der Waals surface area contributed by atoms with Gasteiger partial charge in [0, 0.05) is 6.61 Å². The molecule has 0 heterocycles. The van der Waals surface area contributed by atoms with Crippen molar-refractivity contribution in [1.29, 1.82) is 0 Å². The summed E-state index contributed by atoms with van der Waals surface area (Å²) in [5.41, 5.74) is 1.32. The zero-order chi connectivity index (χ0) is 13.9. The van der Waals surface area contributed by atoms with Crippen LogP contribution in [0.25, 0.3) is 0 Å². The first-order valence-electron chi connectivity index (χ1n) is 7.65. The second-order valence-electron chi connectivity index (χ2n) is 5.10. The molecular formula is C17H28O2. The van der Waals surface area contributed by atoms with Crippen LogP contribution in [0, 0.1) is 0 Å². The molecule has 108 valence electrons. The molecule has 0 radical (unpaired) electrons. The number of rotatable bonds is 10. The van der Waals surface area contributed by atoms with Crippen molar-refractivity contribution in [3.05, 3.63) is 29.8 Å². The highest BCUT2D eigenvalue weighted by molar-refractivity contribution is 5.25. The fourth-order valence-corrected chi connectivity index (χ4v) is 2.36. The Hall–Kier alpha value is -1.02. The second kappa shape index (κ2) is 9.85. The van der Waals surface area contributed by atoms with Crippen LogP contribution >= 0.6 is 0 Å². The Bertz CT molecular complexity index is 319. The third-order valence-electron chi connectivity index (χ3n) is 3.54. The van der Waals surface area contributed by atoms with E-state index in [1.807, 2.05) is 12.1 Å². The maximum Gasteiger partial charge on any atom is 0.115 e. The number of unbranched alkanes of at least 4 members (excludes halogenated alkanes) is 3. The summed E-state index contributed by atoms with van der Waals surface area (Å²) in [6, 6.07) is 7.56. The Morgan fingerprint density at radius 3 is 2.32 bits per heavy atom. The van der Waals surface area contributed by atoms with E-state index >= 15 is 0 Å². The summed E-state index contributed by atoms with van der Waals surface area (Å²) in [4.78, 5) is 0. The van der Waals surface area contributed by atoms with Crippen molar-refractivity contribution < 1.29 is 9.84 Å². The molecule has 1 aromatic rings. The molecule has 0 saturated heterocycles. The van der Waals surface area contributed by atoms with E-state index in [2.05, 4.69) is 13.8 Å². The lowest BCUT2D eigenvalue weighted by Gasteiger charge is -2.14. The van der Waals surface area contributed by atoms with Crippen molar-refractivity contribution in [2.24, 2.45) is 0 Å². The average molecular weight is 264 g/mol. The van der Waals surface area contributed by atoms with E-state index < -0.39 is 0 Å². The van der Waals surface area contributed by atoms with E-state index in [1.54, 1.807) is 12.1 Å². The van der Waals surface area contributed by atoms with Crippen LogP contribution in [0.1, 0.15) is 57.9 Å². The third kappa shape index (κ3) is 7.22. The molecule has 19 heavy (non-hydrogen) atoms. The number of hydrogen-bond donors (Lipinski definition) is 1. The van der Waals surface area contributed by atoms with Crippen LogP contribution in [0.2, 0.25) is 0 Å². The normalized spacial score (nSPS) is 12.5. The highest BCUT2D eigenvalue weighted by atomic mass is 16.5. The van der Waals surface area contributed by atoms with Gasteiger partial charge < -0.3 is 9.84 Å². The smallest absolute Gasteiger partial charge is 0.115 e. The third-order valence-corrected chi connectivity index (χ3v) is 3.54. The number of aryl methyl sites for hydroxylation is 1. The molecule has 0 fully saturated rings. The number of benzene rings is 1.